The van der Waals surface area contributed by atoms with Crippen LogP contribution in [0.2, 0.25) is 5.02 Å². The second-order valence-electron chi connectivity index (χ2n) is 4.51. The fourth-order valence-electron chi connectivity index (χ4n) is 1.82. The second-order valence-corrected chi connectivity index (χ2v) is 6.89. The molecule has 0 spiro atoms. The first-order valence-electron chi connectivity index (χ1n) is 6.41. The number of amidine groups is 1. The summed E-state index contributed by atoms with van der Waals surface area (Å²) >= 11 is 10.6. The van der Waals surface area contributed by atoms with Crippen LogP contribution in [0.4, 0.5) is 5.69 Å². The molecule has 3 nitrogen and oxygen atoms in total. The summed E-state index contributed by atoms with van der Waals surface area (Å²) in [6, 6.07) is 14.9. The summed E-state index contributed by atoms with van der Waals surface area (Å²) in [6.45, 7) is 0. The Balaban J connectivity index is 1.80. The fraction of sp³-hybridized carbons (Fsp3) is 0. The maximum absolute atomic E-state index is 12.0. The predicted octanol–water partition coefficient (Wildman–Crippen LogP) is 4.99. The average Bonchev–Trinajstić information content (AvgIpc) is 2.84. The molecule has 0 aromatic heterocycles. The number of hydrogen-bond acceptors (Lipinski definition) is 3. The van der Waals surface area contributed by atoms with Gasteiger partial charge >= 0.3 is 0 Å². The van der Waals surface area contributed by atoms with Gasteiger partial charge in [0.2, 0.25) is 0 Å². The Kier molecular flexibility index (Phi) is 4.66. The van der Waals surface area contributed by atoms with E-state index < -0.39 is 0 Å². The fourth-order valence-corrected chi connectivity index (χ4v) is 3.06. The van der Waals surface area contributed by atoms with Gasteiger partial charge in [0.1, 0.15) is 0 Å². The number of carbonyl (C=O) groups is 1. The molecule has 0 bridgehead atoms. The predicted molar refractivity (Wildman–Crippen MR) is 96.4 cm³/mol. The molecule has 0 unspecified atom stereocenters. The molecule has 1 aliphatic heterocycles. The first-order chi connectivity index (χ1) is 10.6. The topological polar surface area (TPSA) is 41.5 Å². The van der Waals surface area contributed by atoms with Crippen LogP contribution in [-0.2, 0) is 4.79 Å². The SMILES string of the molecule is O=C1NC(=Nc2ccc(Br)cc2)SC1=Cc1ccc(Cl)cc1. The Morgan fingerprint density at radius 3 is 2.45 bits per heavy atom. The van der Waals surface area contributed by atoms with E-state index >= 15 is 0 Å². The summed E-state index contributed by atoms with van der Waals surface area (Å²) in [5, 5.41) is 4.01. The molecule has 0 radical (unpaired) electrons. The van der Waals surface area contributed by atoms with Gasteiger partial charge in [-0.15, -0.1) is 0 Å². The lowest BCUT2D eigenvalue weighted by atomic mass is 10.2. The van der Waals surface area contributed by atoms with Crippen molar-refractivity contribution in [1.82, 2.24) is 5.32 Å². The highest BCUT2D eigenvalue weighted by Gasteiger charge is 2.23. The highest BCUT2D eigenvalue weighted by atomic mass is 79.9. The number of amides is 1. The number of aliphatic imine (C=N–C) groups is 1. The van der Waals surface area contributed by atoms with Gasteiger partial charge < -0.3 is 5.32 Å². The van der Waals surface area contributed by atoms with Gasteiger partial charge in [-0.25, -0.2) is 4.99 Å². The van der Waals surface area contributed by atoms with E-state index in [1.54, 1.807) is 12.1 Å². The van der Waals surface area contributed by atoms with Gasteiger partial charge in [0.25, 0.3) is 5.91 Å². The minimum absolute atomic E-state index is 0.143. The molecule has 0 atom stereocenters. The van der Waals surface area contributed by atoms with Crippen LogP contribution in [0.1, 0.15) is 5.56 Å². The lowest BCUT2D eigenvalue weighted by Crippen LogP contribution is -2.19. The number of rotatable bonds is 2. The van der Waals surface area contributed by atoms with Crippen LogP contribution in [0.15, 0.2) is 62.9 Å². The Morgan fingerprint density at radius 1 is 1.09 bits per heavy atom. The molecule has 1 N–H and O–H groups in total. The largest absolute Gasteiger partial charge is 0.300 e. The average molecular weight is 394 g/mol. The van der Waals surface area contributed by atoms with Crippen molar-refractivity contribution >= 4 is 62.1 Å². The van der Waals surface area contributed by atoms with Crippen molar-refractivity contribution < 1.29 is 4.79 Å². The number of nitrogens with one attached hydrogen (secondary N) is 1. The van der Waals surface area contributed by atoms with Crippen molar-refractivity contribution in [2.24, 2.45) is 4.99 Å². The van der Waals surface area contributed by atoms with E-state index in [1.807, 2.05) is 42.5 Å². The third kappa shape index (κ3) is 3.80. The number of benzene rings is 2. The van der Waals surface area contributed by atoms with Gasteiger partial charge in [-0.3, -0.25) is 4.79 Å². The molecule has 1 heterocycles. The second kappa shape index (κ2) is 6.69. The van der Waals surface area contributed by atoms with E-state index in [2.05, 4.69) is 26.2 Å². The molecule has 2 aromatic rings. The van der Waals surface area contributed by atoms with E-state index in [4.69, 9.17) is 11.6 Å². The summed E-state index contributed by atoms with van der Waals surface area (Å²) in [4.78, 5) is 17.0. The Hall–Kier alpha value is -1.56. The van der Waals surface area contributed by atoms with Crippen molar-refractivity contribution in [3.8, 4) is 0 Å². The van der Waals surface area contributed by atoms with Gasteiger partial charge in [-0.2, -0.15) is 0 Å². The normalized spacial score (nSPS) is 18.0. The molecule has 1 fully saturated rings. The molecular formula is C16H10BrClN2OS. The van der Waals surface area contributed by atoms with E-state index in [0.29, 0.717) is 15.1 Å². The van der Waals surface area contributed by atoms with Crippen LogP contribution in [0, 0.1) is 0 Å². The lowest BCUT2D eigenvalue weighted by Gasteiger charge is -1.96. The highest BCUT2D eigenvalue weighted by Crippen LogP contribution is 2.28. The molecule has 3 rings (SSSR count). The molecular weight excluding hydrogens is 384 g/mol. The third-order valence-corrected chi connectivity index (χ3v) is 4.57. The molecule has 0 saturated carbocycles. The van der Waals surface area contributed by atoms with Crippen LogP contribution in [0.5, 0.6) is 0 Å². The minimum Gasteiger partial charge on any atom is -0.300 e. The summed E-state index contributed by atoms with van der Waals surface area (Å²) in [5.74, 6) is -0.143. The standard InChI is InChI=1S/C16H10BrClN2OS/c17-11-3-7-13(8-4-11)19-16-20-15(21)14(22-16)9-10-1-5-12(18)6-2-10/h1-9H,(H,19,20,21). The van der Waals surface area contributed by atoms with Gasteiger partial charge in [-0.05, 0) is 59.8 Å². The Labute approximate surface area is 145 Å². The zero-order chi connectivity index (χ0) is 15.5. The van der Waals surface area contributed by atoms with Crippen LogP contribution in [0.25, 0.3) is 6.08 Å². The van der Waals surface area contributed by atoms with Gasteiger partial charge in [0.15, 0.2) is 5.17 Å². The molecule has 6 heteroatoms. The van der Waals surface area contributed by atoms with Gasteiger partial charge in [0.05, 0.1) is 10.6 Å². The summed E-state index contributed by atoms with van der Waals surface area (Å²) in [7, 11) is 0. The summed E-state index contributed by atoms with van der Waals surface area (Å²) in [5.41, 5.74) is 1.71. The maximum Gasteiger partial charge on any atom is 0.264 e. The molecule has 1 aliphatic rings. The van der Waals surface area contributed by atoms with Crippen molar-refractivity contribution in [1.29, 1.82) is 0 Å². The van der Waals surface area contributed by atoms with Gasteiger partial charge in [0, 0.05) is 9.50 Å². The first kappa shape index (κ1) is 15.3. The van der Waals surface area contributed by atoms with Crippen LogP contribution < -0.4 is 5.32 Å². The Bertz CT molecular complexity index is 770. The van der Waals surface area contributed by atoms with E-state index in [-0.39, 0.29) is 5.91 Å². The highest BCUT2D eigenvalue weighted by molar-refractivity contribution is 9.10. The summed E-state index contributed by atoms with van der Waals surface area (Å²) in [6.07, 6.45) is 1.82. The molecule has 22 heavy (non-hydrogen) atoms. The molecule has 0 aliphatic carbocycles. The van der Waals surface area contributed by atoms with Crippen LogP contribution in [-0.4, -0.2) is 11.1 Å². The zero-order valence-electron chi connectivity index (χ0n) is 11.2. The minimum atomic E-state index is -0.143. The number of thioether (sulfide) groups is 1. The van der Waals surface area contributed by atoms with Gasteiger partial charge in [-0.1, -0.05) is 39.7 Å². The number of nitrogens with zero attached hydrogens (tertiary/aromatic N) is 1. The first-order valence-corrected chi connectivity index (χ1v) is 8.40. The maximum atomic E-state index is 12.0. The van der Waals surface area contributed by atoms with Crippen molar-refractivity contribution in [2.75, 3.05) is 0 Å². The van der Waals surface area contributed by atoms with Crippen LogP contribution in [0.3, 0.4) is 0 Å². The number of halogens is 2. The monoisotopic (exact) mass is 392 g/mol. The van der Waals surface area contributed by atoms with E-state index in [1.165, 1.54) is 11.8 Å². The molecule has 110 valence electrons. The smallest absolute Gasteiger partial charge is 0.264 e. The van der Waals surface area contributed by atoms with Crippen LogP contribution >= 0.6 is 39.3 Å². The Morgan fingerprint density at radius 2 is 1.77 bits per heavy atom. The molecule has 1 saturated heterocycles. The van der Waals surface area contributed by atoms with Crippen molar-refractivity contribution in [3.05, 3.63) is 68.5 Å². The quantitative estimate of drug-likeness (QED) is 0.730. The summed E-state index contributed by atoms with van der Waals surface area (Å²) < 4.78 is 0.989. The zero-order valence-corrected chi connectivity index (χ0v) is 14.4. The van der Waals surface area contributed by atoms with E-state index in [0.717, 1.165) is 15.7 Å². The van der Waals surface area contributed by atoms with Crippen molar-refractivity contribution in [2.45, 2.75) is 0 Å². The number of carbonyl (C=O) groups excluding carboxylic acids is 1. The van der Waals surface area contributed by atoms with E-state index in [9.17, 15) is 4.79 Å². The van der Waals surface area contributed by atoms with Crippen molar-refractivity contribution in [3.63, 3.8) is 0 Å². The lowest BCUT2D eigenvalue weighted by molar-refractivity contribution is -0.115. The molecule has 2 aromatic carbocycles. The number of hydrogen-bond donors (Lipinski definition) is 1. The third-order valence-electron chi connectivity index (χ3n) is 2.88. The molecule has 1 amide bonds.